The number of amides is 1. The summed E-state index contributed by atoms with van der Waals surface area (Å²) < 4.78 is 20.8. The summed E-state index contributed by atoms with van der Waals surface area (Å²) in [5.74, 6) is 0.279. The highest BCUT2D eigenvalue weighted by Crippen LogP contribution is 2.22. The van der Waals surface area contributed by atoms with Crippen molar-refractivity contribution in [1.29, 1.82) is 0 Å². The first-order valence-electron chi connectivity index (χ1n) is 7.63. The van der Waals surface area contributed by atoms with Crippen LogP contribution in [0.5, 0.6) is 0 Å². The van der Waals surface area contributed by atoms with Crippen LogP contribution in [0.1, 0.15) is 16.1 Å². The number of fused-ring (bicyclic) bond motifs is 1. The van der Waals surface area contributed by atoms with Crippen LogP contribution in [0.4, 0.5) is 4.39 Å². The van der Waals surface area contributed by atoms with Crippen LogP contribution in [-0.4, -0.2) is 20.5 Å². The molecule has 4 aromatic rings. The molecule has 0 aliphatic rings. The van der Waals surface area contributed by atoms with Gasteiger partial charge in [-0.1, -0.05) is 12.1 Å². The van der Waals surface area contributed by atoms with Crippen molar-refractivity contribution in [1.82, 2.24) is 19.9 Å². The molecule has 124 valence electrons. The molecule has 25 heavy (non-hydrogen) atoms. The second-order valence-corrected chi connectivity index (χ2v) is 5.38. The number of carbonyl (C=O) groups excluding carboxylic acids is 1. The normalized spacial score (nSPS) is 10.9. The summed E-state index contributed by atoms with van der Waals surface area (Å²) in [4.78, 5) is 12.5. The summed E-state index contributed by atoms with van der Waals surface area (Å²) in [7, 11) is 0. The largest absolute Gasteiger partial charge is 0.467 e. The molecule has 4 rings (SSSR count). The SMILES string of the molecule is O=C(NCc1ccco1)c1cccn2c(-c3ccccc3F)nnc12. The number of furan rings is 1. The average Bonchev–Trinajstić information content (AvgIpc) is 3.29. The van der Waals surface area contributed by atoms with Gasteiger partial charge in [0.05, 0.1) is 23.9 Å². The van der Waals surface area contributed by atoms with Crippen molar-refractivity contribution in [3.8, 4) is 11.4 Å². The molecule has 0 bridgehead atoms. The number of halogens is 1. The van der Waals surface area contributed by atoms with E-state index < -0.39 is 5.82 Å². The Hall–Kier alpha value is -3.48. The van der Waals surface area contributed by atoms with Gasteiger partial charge in [-0.3, -0.25) is 9.20 Å². The fourth-order valence-corrected chi connectivity index (χ4v) is 2.60. The number of hydrogen-bond donors (Lipinski definition) is 1. The lowest BCUT2D eigenvalue weighted by molar-refractivity contribution is 0.0949. The Morgan fingerprint density at radius 3 is 2.80 bits per heavy atom. The van der Waals surface area contributed by atoms with Crippen molar-refractivity contribution in [2.24, 2.45) is 0 Å². The van der Waals surface area contributed by atoms with E-state index in [9.17, 15) is 9.18 Å². The zero-order valence-corrected chi connectivity index (χ0v) is 13.0. The third kappa shape index (κ3) is 2.76. The molecule has 0 radical (unpaired) electrons. The van der Waals surface area contributed by atoms with Gasteiger partial charge < -0.3 is 9.73 Å². The molecule has 6 nitrogen and oxygen atoms in total. The first kappa shape index (κ1) is 15.1. The van der Waals surface area contributed by atoms with Gasteiger partial charge in [-0.25, -0.2) is 4.39 Å². The minimum absolute atomic E-state index is 0.265. The Bertz CT molecular complexity index is 1040. The molecule has 0 unspecified atom stereocenters. The molecule has 1 aromatic carbocycles. The first-order chi connectivity index (χ1) is 12.2. The number of carbonyl (C=O) groups is 1. The van der Waals surface area contributed by atoms with Gasteiger partial charge in [-0.2, -0.15) is 0 Å². The number of nitrogens with one attached hydrogen (secondary N) is 1. The van der Waals surface area contributed by atoms with Crippen molar-refractivity contribution in [3.63, 3.8) is 0 Å². The summed E-state index contributed by atoms with van der Waals surface area (Å²) >= 11 is 0. The second kappa shape index (κ2) is 6.20. The molecule has 1 N–H and O–H groups in total. The van der Waals surface area contributed by atoms with Crippen LogP contribution < -0.4 is 5.32 Å². The van der Waals surface area contributed by atoms with Gasteiger partial charge >= 0.3 is 0 Å². The predicted octanol–water partition coefficient (Wildman–Crippen LogP) is 3.06. The van der Waals surface area contributed by atoms with Gasteiger partial charge in [0, 0.05) is 6.20 Å². The quantitative estimate of drug-likeness (QED) is 0.622. The van der Waals surface area contributed by atoms with Crippen LogP contribution in [0.3, 0.4) is 0 Å². The fraction of sp³-hybridized carbons (Fsp3) is 0.0556. The second-order valence-electron chi connectivity index (χ2n) is 5.38. The lowest BCUT2D eigenvalue weighted by Gasteiger charge is -2.06. The van der Waals surface area contributed by atoms with Crippen molar-refractivity contribution < 1.29 is 13.6 Å². The number of rotatable bonds is 4. The van der Waals surface area contributed by atoms with E-state index in [2.05, 4.69) is 15.5 Å². The zero-order valence-electron chi connectivity index (χ0n) is 13.0. The van der Waals surface area contributed by atoms with Gasteiger partial charge in [-0.05, 0) is 36.4 Å². The van der Waals surface area contributed by atoms with Gasteiger partial charge in [0.25, 0.3) is 5.91 Å². The summed E-state index contributed by atoms with van der Waals surface area (Å²) in [5, 5.41) is 10.9. The maximum absolute atomic E-state index is 14.0. The highest BCUT2D eigenvalue weighted by molar-refractivity contribution is 5.99. The van der Waals surface area contributed by atoms with Crippen LogP contribution in [0.2, 0.25) is 0 Å². The minimum atomic E-state index is -0.399. The average molecular weight is 336 g/mol. The molecular weight excluding hydrogens is 323 g/mol. The van der Waals surface area contributed by atoms with Crippen molar-refractivity contribution >= 4 is 11.6 Å². The van der Waals surface area contributed by atoms with E-state index in [1.165, 1.54) is 6.07 Å². The Morgan fingerprint density at radius 1 is 1.12 bits per heavy atom. The Balaban J connectivity index is 1.69. The van der Waals surface area contributed by atoms with Crippen LogP contribution in [0.15, 0.2) is 65.4 Å². The lowest BCUT2D eigenvalue weighted by Crippen LogP contribution is -2.23. The first-order valence-corrected chi connectivity index (χ1v) is 7.63. The van der Waals surface area contributed by atoms with E-state index in [0.29, 0.717) is 28.4 Å². The van der Waals surface area contributed by atoms with E-state index in [0.717, 1.165) is 0 Å². The highest BCUT2D eigenvalue weighted by atomic mass is 19.1. The maximum Gasteiger partial charge on any atom is 0.255 e. The van der Waals surface area contributed by atoms with E-state index in [-0.39, 0.29) is 12.5 Å². The molecule has 3 heterocycles. The molecule has 0 aliphatic carbocycles. The molecular formula is C18H13FN4O2. The highest BCUT2D eigenvalue weighted by Gasteiger charge is 2.17. The Kier molecular flexibility index (Phi) is 3.74. The van der Waals surface area contributed by atoms with E-state index in [1.807, 2.05) is 0 Å². The van der Waals surface area contributed by atoms with Crippen molar-refractivity contribution in [2.45, 2.75) is 6.54 Å². The summed E-state index contributed by atoms with van der Waals surface area (Å²) in [6.07, 6.45) is 3.24. The Morgan fingerprint density at radius 2 is 2.00 bits per heavy atom. The number of benzene rings is 1. The van der Waals surface area contributed by atoms with Crippen LogP contribution in [-0.2, 0) is 6.54 Å². The van der Waals surface area contributed by atoms with Gasteiger partial charge in [-0.15, -0.1) is 10.2 Å². The van der Waals surface area contributed by atoms with Crippen LogP contribution in [0.25, 0.3) is 17.0 Å². The van der Waals surface area contributed by atoms with Crippen LogP contribution in [0, 0.1) is 5.82 Å². The number of nitrogens with zero attached hydrogens (tertiary/aromatic N) is 3. The third-order valence-electron chi connectivity index (χ3n) is 3.80. The van der Waals surface area contributed by atoms with Gasteiger partial charge in [0.15, 0.2) is 11.5 Å². The molecule has 3 aromatic heterocycles. The number of hydrogen-bond acceptors (Lipinski definition) is 4. The van der Waals surface area contributed by atoms with Gasteiger partial charge in [0.1, 0.15) is 11.6 Å². The predicted molar refractivity (Wildman–Crippen MR) is 88.3 cm³/mol. The number of aromatic nitrogens is 3. The number of pyridine rings is 1. The monoisotopic (exact) mass is 336 g/mol. The standard InChI is InChI=1S/C18H13FN4O2/c19-15-8-2-1-6-13(15)16-21-22-17-14(7-3-9-23(16)17)18(24)20-11-12-5-4-10-25-12/h1-10H,11H2,(H,20,24). The molecule has 0 fully saturated rings. The van der Waals surface area contributed by atoms with Crippen molar-refractivity contribution in [2.75, 3.05) is 0 Å². The summed E-state index contributed by atoms with van der Waals surface area (Å²) in [6, 6.07) is 13.2. The minimum Gasteiger partial charge on any atom is -0.467 e. The molecule has 1 amide bonds. The van der Waals surface area contributed by atoms with Gasteiger partial charge in [0.2, 0.25) is 0 Å². The summed E-state index contributed by atoms with van der Waals surface area (Å²) in [5.41, 5.74) is 1.03. The van der Waals surface area contributed by atoms with E-state index in [1.54, 1.807) is 59.3 Å². The molecule has 0 saturated heterocycles. The maximum atomic E-state index is 14.0. The molecule has 0 atom stereocenters. The topological polar surface area (TPSA) is 72.4 Å². The van der Waals surface area contributed by atoms with Crippen LogP contribution >= 0.6 is 0 Å². The smallest absolute Gasteiger partial charge is 0.255 e. The lowest BCUT2D eigenvalue weighted by atomic mass is 10.2. The summed E-state index contributed by atoms with van der Waals surface area (Å²) in [6.45, 7) is 0.265. The van der Waals surface area contributed by atoms with E-state index in [4.69, 9.17) is 4.42 Å². The fourth-order valence-electron chi connectivity index (χ4n) is 2.60. The molecule has 7 heteroatoms. The zero-order chi connectivity index (χ0) is 17.2. The van der Waals surface area contributed by atoms with Crippen molar-refractivity contribution in [3.05, 3.63) is 78.1 Å². The molecule has 0 spiro atoms. The third-order valence-corrected chi connectivity index (χ3v) is 3.80. The molecule has 0 aliphatic heterocycles. The Labute approximate surface area is 141 Å². The van der Waals surface area contributed by atoms with E-state index >= 15 is 0 Å². The molecule has 0 saturated carbocycles.